The number of hydrogen-bond donors (Lipinski definition) is 0. The van der Waals surface area contributed by atoms with E-state index in [1.165, 1.54) is 24.4 Å². The molecule has 0 aliphatic carbocycles. The van der Waals surface area contributed by atoms with Crippen molar-refractivity contribution in [2.75, 3.05) is 0 Å². The van der Waals surface area contributed by atoms with Crippen molar-refractivity contribution in [3.05, 3.63) is 22.9 Å². The molecule has 0 saturated carbocycles. The van der Waals surface area contributed by atoms with Crippen LogP contribution in [0.1, 0.15) is 0 Å². The standard InChI is InChI=1S/C10H4N2S2Se/c1-3-14-9-5(1)8-6(2-4-13-8)10-7(9)11-12-15-10/h1-4H. The Morgan fingerprint density at radius 3 is 2.73 bits per heavy atom. The molecule has 3 heterocycles. The minimum atomic E-state index is 0.187. The van der Waals surface area contributed by atoms with Gasteiger partial charge in [-0.3, -0.25) is 0 Å². The molecule has 0 atom stereocenters. The summed E-state index contributed by atoms with van der Waals surface area (Å²) in [5.74, 6) is 0. The summed E-state index contributed by atoms with van der Waals surface area (Å²) in [6, 6.07) is 4.40. The van der Waals surface area contributed by atoms with Crippen LogP contribution in [0, 0.1) is 0 Å². The van der Waals surface area contributed by atoms with E-state index >= 15 is 0 Å². The molecule has 0 N–H and O–H groups in total. The molecule has 15 heavy (non-hydrogen) atoms. The molecule has 3 aromatic heterocycles. The summed E-state index contributed by atoms with van der Waals surface area (Å²) in [6.45, 7) is 0. The zero-order valence-corrected chi connectivity index (χ0v) is 10.8. The molecule has 72 valence electrons. The fourth-order valence-electron chi connectivity index (χ4n) is 1.88. The molecule has 4 aromatic rings. The van der Waals surface area contributed by atoms with Crippen molar-refractivity contribution in [2.45, 2.75) is 0 Å². The first-order valence-electron chi connectivity index (χ1n) is 4.43. The molecule has 2 nitrogen and oxygen atoms in total. The molecule has 0 spiro atoms. The fourth-order valence-corrected chi connectivity index (χ4v) is 5.54. The van der Waals surface area contributed by atoms with Gasteiger partial charge < -0.3 is 0 Å². The number of thiophene rings is 2. The Balaban J connectivity index is 2.56. The van der Waals surface area contributed by atoms with Crippen molar-refractivity contribution >= 4 is 67.4 Å². The Morgan fingerprint density at radius 1 is 1.00 bits per heavy atom. The number of aromatic nitrogens is 2. The van der Waals surface area contributed by atoms with Gasteiger partial charge in [0.15, 0.2) is 0 Å². The van der Waals surface area contributed by atoms with E-state index in [1.54, 1.807) is 11.3 Å². The maximum absolute atomic E-state index is 4.30. The van der Waals surface area contributed by atoms with Gasteiger partial charge in [-0.1, -0.05) is 0 Å². The van der Waals surface area contributed by atoms with Crippen LogP contribution >= 0.6 is 22.7 Å². The van der Waals surface area contributed by atoms with Crippen molar-refractivity contribution in [3.8, 4) is 0 Å². The summed E-state index contributed by atoms with van der Waals surface area (Å²) in [4.78, 5) is 0. The average molecular weight is 295 g/mol. The summed E-state index contributed by atoms with van der Waals surface area (Å²) in [7, 11) is 0. The monoisotopic (exact) mass is 296 g/mol. The van der Waals surface area contributed by atoms with Crippen LogP contribution < -0.4 is 0 Å². The predicted molar refractivity (Wildman–Crippen MR) is 67.2 cm³/mol. The second kappa shape index (κ2) is 2.89. The summed E-state index contributed by atoms with van der Waals surface area (Å²) >= 11 is 3.78. The number of rotatable bonds is 0. The second-order valence-corrected chi connectivity index (χ2v) is 6.69. The van der Waals surface area contributed by atoms with Gasteiger partial charge in [0, 0.05) is 0 Å². The Kier molecular flexibility index (Phi) is 1.62. The van der Waals surface area contributed by atoms with E-state index in [0.717, 1.165) is 5.52 Å². The van der Waals surface area contributed by atoms with Crippen molar-refractivity contribution in [1.82, 2.24) is 9.19 Å². The number of hydrogen-bond acceptors (Lipinski definition) is 4. The summed E-state index contributed by atoms with van der Waals surface area (Å²) in [5, 5.41) is 11.3. The van der Waals surface area contributed by atoms with E-state index in [-0.39, 0.29) is 14.7 Å². The van der Waals surface area contributed by atoms with Crippen LogP contribution in [-0.4, -0.2) is 23.9 Å². The third-order valence-electron chi connectivity index (χ3n) is 2.52. The molecule has 0 unspecified atom stereocenters. The molecule has 0 saturated heterocycles. The molecule has 0 bridgehead atoms. The third-order valence-corrected chi connectivity index (χ3v) is 5.98. The van der Waals surface area contributed by atoms with Crippen molar-refractivity contribution in [2.24, 2.45) is 0 Å². The van der Waals surface area contributed by atoms with Gasteiger partial charge >= 0.3 is 99.4 Å². The van der Waals surface area contributed by atoms with Gasteiger partial charge in [0.25, 0.3) is 0 Å². The quantitative estimate of drug-likeness (QED) is 0.466. The number of benzene rings is 1. The normalized spacial score (nSPS) is 12.0. The molecular formula is C10H4N2S2Se. The summed E-state index contributed by atoms with van der Waals surface area (Å²) in [5.41, 5.74) is 1.13. The fraction of sp³-hybridized carbons (Fsp3) is 0. The molecule has 1 aromatic carbocycles. The van der Waals surface area contributed by atoms with Gasteiger partial charge in [-0.05, 0) is 0 Å². The number of nitrogens with zero attached hydrogens (tertiary/aromatic N) is 2. The molecular weight excluding hydrogens is 291 g/mol. The predicted octanol–water partition coefficient (Wildman–Crippen LogP) is 3.12. The summed E-state index contributed by atoms with van der Waals surface area (Å²) in [6.07, 6.45) is 0. The van der Waals surface area contributed by atoms with Gasteiger partial charge in [0.2, 0.25) is 0 Å². The van der Waals surface area contributed by atoms with Crippen LogP contribution in [0.4, 0.5) is 0 Å². The first kappa shape index (κ1) is 8.42. The van der Waals surface area contributed by atoms with Gasteiger partial charge in [0.05, 0.1) is 0 Å². The van der Waals surface area contributed by atoms with Gasteiger partial charge in [-0.2, -0.15) is 0 Å². The maximum atomic E-state index is 4.30. The minimum absolute atomic E-state index is 0.187. The van der Waals surface area contributed by atoms with E-state index in [1.807, 2.05) is 11.3 Å². The molecule has 0 radical (unpaired) electrons. The SMILES string of the molecule is c1cc2c(s1)c1ccsc1c1nn[se]c21. The first-order chi connectivity index (χ1) is 7.45. The molecule has 0 aliphatic rings. The topological polar surface area (TPSA) is 25.8 Å². The van der Waals surface area contributed by atoms with Crippen molar-refractivity contribution in [1.29, 1.82) is 0 Å². The Morgan fingerprint density at radius 2 is 1.80 bits per heavy atom. The Labute approximate surface area is 99.1 Å². The van der Waals surface area contributed by atoms with Gasteiger partial charge in [-0.25, -0.2) is 0 Å². The first-order valence-corrected chi connectivity index (χ1v) is 7.82. The van der Waals surface area contributed by atoms with Crippen molar-refractivity contribution < 1.29 is 0 Å². The number of fused-ring (bicyclic) bond motifs is 6. The summed E-state index contributed by atoms with van der Waals surface area (Å²) < 4.78 is 8.29. The van der Waals surface area contributed by atoms with Gasteiger partial charge in [0.1, 0.15) is 0 Å². The van der Waals surface area contributed by atoms with Crippen LogP contribution in [0.5, 0.6) is 0 Å². The van der Waals surface area contributed by atoms with E-state index in [9.17, 15) is 0 Å². The van der Waals surface area contributed by atoms with Crippen LogP contribution in [0.15, 0.2) is 22.9 Å². The van der Waals surface area contributed by atoms with E-state index in [0.29, 0.717) is 0 Å². The van der Waals surface area contributed by atoms with Crippen LogP contribution in [0.25, 0.3) is 29.9 Å². The Hall–Kier alpha value is -0.741. The van der Waals surface area contributed by atoms with E-state index < -0.39 is 0 Å². The average Bonchev–Trinajstić information content (AvgIpc) is 2.97. The van der Waals surface area contributed by atoms with E-state index in [2.05, 4.69) is 32.1 Å². The van der Waals surface area contributed by atoms with E-state index in [4.69, 9.17) is 0 Å². The molecule has 4 rings (SSSR count). The second-order valence-electron chi connectivity index (χ2n) is 3.28. The zero-order chi connectivity index (χ0) is 9.83. The third kappa shape index (κ3) is 0.987. The van der Waals surface area contributed by atoms with Crippen molar-refractivity contribution in [3.63, 3.8) is 0 Å². The van der Waals surface area contributed by atoms with Gasteiger partial charge in [-0.15, -0.1) is 0 Å². The van der Waals surface area contributed by atoms with Crippen LogP contribution in [0.2, 0.25) is 0 Å². The van der Waals surface area contributed by atoms with Crippen LogP contribution in [0.3, 0.4) is 0 Å². The van der Waals surface area contributed by atoms with Crippen LogP contribution in [-0.2, 0) is 0 Å². The molecule has 0 aliphatic heterocycles. The molecule has 5 heteroatoms. The zero-order valence-electron chi connectivity index (χ0n) is 7.43. The Bertz CT molecular complexity index is 585. The molecule has 0 fully saturated rings. The molecule has 0 amide bonds.